The number of carbonyl (C=O) groups excluding carboxylic acids is 1. The van der Waals surface area contributed by atoms with E-state index in [9.17, 15) is 17.6 Å². The third kappa shape index (κ3) is 3.16. The average Bonchev–Trinajstić information content (AvgIpc) is 3.09. The summed E-state index contributed by atoms with van der Waals surface area (Å²) < 4.78 is 43.5. The maximum Gasteiger partial charge on any atom is 0.226 e. The van der Waals surface area contributed by atoms with Gasteiger partial charge in [-0.15, -0.1) is 0 Å². The molecule has 3 atom stereocenters. The van der Waals surface area contributed by atoms with Crippen LogP contribution in [0.1, 0.15) is 6.42 Å². The van der Waals surface area contributed by atoms with Crippen LogP contribution in [0, 0.1) is 17.7 Å². The normalized spacial score (nSPS) is 30.9. The van der Waals surface area contributed by atoms with Crippen LogP contribution < -0.4 is 4.90 Å². The maximum atomic E-state index is 13.1. The quantitative estimate of drug-likeness (QED) is 0.692. The number of hydrogen-bond acceptors (Lipinski definition) is 7. The first-order valence-corrected chi connectivity index (χ1v) is 10.5. The highest BCUT2D eigenvalue weighted by atomic mass is 32.2. The lowest BCUT2D eigenvalue weighted by molar-refractivity contribution is -0.141. The Kier molecular flexibility index (Phi) is 4.55. The summed E-state index contributed by atoms with van der Waals surface area (Å²) in [5, 5.41) is -0.611. The summed E-state index contributed by atoms with van der Waals surface area (Å²) in [5.41, 5.74) is 0. The van der Waals surface area contributed by atoms with Crippen molar-refractivity contribution in [2.45, 2.75) is 11.7 Å². The van der Waals surface area contributed by atoms with E-state index in [0.717, 1.165) is 12.4 Å². The van der Waals surface area contributed by atoms with Crippen molar-refractivity contribution in [3.05, 3.63) is 18.2 Å². The van der Waals surface area contributed by atoms with Gasteiger partial charge < -0.3 is 14.5 Å². The van der Waals surface area contributed by atoms with Crippen LogP contribution in [0.2, 0.25) is 0 Å². The molecule has 26 heavy (non-hydrogen) atoms. The number of aromatic nitrogens is 2. The van der Waals surface area contributed by atoms with E-state index < -0.39 is 20.9 Å². The number of nitrogens with zero attached hydrogens (tertiary/aromatic N) is 4. The van der Waals surface area contributed by atoms with Crippen molar-refractivity contribution >= 4 is 21.7 Å². The molecule has 3 saturated heterocycles. The van der Waals surface area contributed by atoms with E-state index in [2.05, 4.69) is 9.97 Å². The summed E-state index contributed by atoms with van der Waals surface area (Å²) in [6.07, 6.45) is 2.47. The van der Waals surface area contributed by atoms with Crippen molar-refractivity contribution in [2.24, 2.45) is 11.8 Å². The number of halogens is 1. The minimum atomic E-state index is -3.27. The molecule has 3 fully saturated rings. The minimum absolute atomic E-state index is 0.0140. The van der Waals surface area contributed by atoms with E-state index in [1.807, 2.05) is 0 Å². The van der Waals surface area contributed by atoms with Gasteiger partial charge >= 0.3 is 0 Å². The molecule has 3 aliphatic heterocycles. The van der Waals surface area contributed by atoms with Gasteiger partial charge in [0.15, 0.2) is 15.7 Å². The molecule has 1 aromatic heterocycles. The molecule has 0 spiro atoms. The largest absolute Gasteiger partial charge is 0.378 e. The first kappa shape index (κ1) is 17.6. The second-order valence-electron chi connectivity index (χ2n) is 7.01. The lowest BCUT2D eigenvalue weighted by atomic mass is 9.87. The number of anilines is 1. The number of morpholine rings is 1. The summed E-state index contributed by atoms with van der Waals surface area (Å²) >= 11 is 0. The molecular formula is C16H21FN4O4S. The van der Waals surface area contributed by atoms with E-state index in [4.69, 9.17) is 4.74 Å². The molecule has 0 aromatic carbocycles. The highest BCUT2D eigenvalue weighted by Crippen LogP contribution is 2.38. The van der Waals surface area contributed by atoms with E-state index >= 15 is 0 Å². The van der Waals surface area contributed by atoms with E-state index in [1.165, 1.54) is 0 Å². The summed E-state index contributed by atoms with van der Waals surface area (Å²) in [7, 11) is -3.27. The second-order valence-corrected chi connectivity index (χ2v) is 9.35. The smallest absolute Gasteiger partial charge is 0.226 e. The van der Waals surface area contributed by atoms with Crippen LogP contribution in [0.4, 0.5) is 10.3 Å². The van der Waals surface area contributed by atoms with Gasteiger partial charge in [0.1, 0.15) is 0 Å². The van der Waals surface area contributed by atoms with Crippen molar-refractivity contribution in [2.75, 3.05) is 50.0 Å². The third-order valence-corrected chi connectivity index (χ3v) is 7.76. The molecule has 0 aliphatic carbocycles. The SMILES string of the molecule is O=C([C@@H]1CCS(=O)(=O)[C@@H]2CN(c3ncc(F)cn3)C[C@@H]21)N1CCOCC1. The molecule has 142 valence electrons. The molecule has 1 aromatic rings. The lowest BCUT2D eigenvalue weighted by Crippen LogP contribution is -2.50. The van der Waals surface area contributed by atoms with E-state index in [1.54, 1.807) is 9.80 Å². The second kappa shape index (κ2) is 6.73. The van der Waals surface area contributed by atoms with Gasteiger partial charge in [-0.3, -0.25) is 4.79 Å². The fraction of sp³-hybridized carbons (Fsp3) is 0.688. The molecule has 8 nitrogen and oxygen atoms in total. The highest BCUT2D eigenvalue weighted by molar-refractivity contribution is 7.92. The Labute approximate surface area is 151 Å². The topological polar surface area (TPSA) is 92.7 Å². The Morgan fingerprint density at radius 2 is 1.88 bits per heavy atom. The lowest BCUT2D eigenvalue weighted by Gasteiger charge is -2.36. The zero-order valence-electron chi connectivity index (χ0n) is 14.3. The molecule has 4 rings (SSSR count). The first-order valence-electron chi connectivity index (χ1n) is 8.76. The summed E-state index contributed by atoms with van der Waals surface area (Å²) in [6.45, 7) is 2.75. The number of carbonyl (C=O) groups is 1. The summed E-state index contributed by atoms with van der Waals surface area (Å²) in [5.74, 6) is -0.829. The Bertz CT molecular complexity index is 782. The van der Waals surface area contributed by atoms with Gasteiger partial charge in [-0.05, 0) is 6.42 Å². The predicted octanol–water partition coefficient (Wildman–Crippen LogP) is -0.286. The average molecular weight is 384 g/mol. The zero-order chi connectivity index (χ0) is 18.3. The molecule has 0 bridgehead atoms. The van der Waals surface area contributed by atoms with Crippen LogP contribution in [0.3, 0.4) is 0 Å². The molecular weight excluding hydrogens is 363 g/mol. The fourth-order valence-corrected chi connectivity index (χ4v) is 6.28. The molecule has 3 aliphatic rings. The molecule has 1 amide bonds. The summed E-state index contributed by atoms with van der Waals surface area (Å²) in [4.78, 5) is 24.4. The number of fused-ring (bicyclic) bond motifs is 1. The predicted molar refractivity (Wildman–Crippen MR) is 90.8 cm³/mol. The standard InChI is InChI=1S/C16H21FN4O4S/c17-11-7-18-16(19-8-11)21-9-13-12(1-6-26(23,24)14(13)10-21)15(22)20-2-4-25-5-3-20/h7-8,12-14H,1-6,9-10H2/t12-,13-,14-/m1/s1. The van der Waals surface area contributed by atoms with Gasteiger partial charge in [-0.1, -0.05) is 0 Å². The summed E-state index contributed by atoms with van der Waals surface area (Å²) in [6, 6.07) is 0. The van der Waals surface area contributed by atoms with Crippen molar-refractivity contribution in [1.29, 1.82) is 0 Å². The van der Waals surface area contributed by atoms with Crippen molar-refractivity contribution in [3.63, 3.8) is 0 Å². The monoisotopic (exact) mass is 384 g/mol. The van der Waals surface area contributed by atoms with Crippen LogP contribution in [-0.4, -0.2) is 79.6 Å². The molecule has 4 heterocycles. The molecule has 0 N–H and O–H groups in total. The highest BCUT2D eigenvalue weighted by Gasteiger charge is 2.51. The molecule has 0 saturated carbocycles. The van der Waals surface area contributed by atoms with Crippen molar-refractivity contribution in [3.8, 4) is 0 Å². The number of amides is 1. The van der Waals surface area contributed by atoms with E-state index in [0.29, 0.717) is 45.2 Å². The van der Waals surface area contributed by atoms with Crippen molar-refractivity contribution < 1.29 is 22.3 Å². The Balaban J connectivity index is 1.57. The minimum Gasteiger partial charge on any atom is -0.378 e. The van der Waals surface area contributed by atoms with Crippen LogP contribution in [0.5, 0.6) is 0 Å². The Hall–Kier alpha value is -1.81. The molecule has 0 radical (unpaired) electrons. The Morgan fingerprint density at radius 1 is 1.19 bits per heavy atom. The molecule has 10 heteroatoms. The number of hydrogen-bond donors (Lipinski definition) is 0. The number of ether oxygens (including phenoxy) is 1. The van der Waals surface area contributed by atoms with Gasteiger partial charge in [0.25, 0.3) is 0 Å². The van der Waals surface area contributed by atoms with Crippen LogP contribution >= 0.6 is 0 Å². The first-order chi connectivity index (χ1) is 12.5. The van der Waals surface area contributed by atoms with Gasteiger partial charge in [-0.2, -0.15) is 0 Å². The van der Waals surface area contributed by atoms with Crippen LogP contribution in [-0.2, 0) is 19.4 Å². The molecule has 0 unspecified atom stereocenters. The fourth-order valence-electron chi connectivity index (χ4n) is 4.18. The van der Waals surface area contributed by atoms with Crippen LogP contribution in [0.15, 0.2) is 12.4 Å². The third-order valence-electron chi connectivity index (χ3n) is 5.53. The van der Waals surface area contributed by atoms with Gasteiger partial charge in [0.05, 0.1) is 36.6 Å². The van der Waals surface area contributed by atoms with Crippen LogP contribution in [0.25, 0.3) is 0 Å². The van der Waals surface area contributed by atoms with Gasteiger partial charge in [0.2, 0.25) is 11.9 Å². The van der Waals surface area contributed by atoms with Crippen molar-refractivity contribution in [1.82, 2.24) is 14.9 Å². The maximum absolute atomic E-state index is 13.1. The van der Waals surface area contributed by atoms with Gasteiger partial charge in [0, 0.05) is 38.0 Å². The van der Waals surface area contributed by atoms with Gasteiger partial charge in [-0.25, -0.2) is 22.8 Å². The zero-order valence-corrected chi connectivity index (χ0v) is 15.1. The Morgan fingerprint density at radius 3 is 2.58 bits per heavy atom. The number of sulfone groups is 1. The number of rotatable bonds is 2. The van der Waals surface area contributed by atoms with E-state index in [-0.39, 0.29) is 30.0 Å².